The highest BCUT2D eigenvalue weighted by molar-refractivity contribution is 6.02. The molecule has 4 heteroatoms. The lowest BCUT2D eigenvalue weighted by Crippen LogP contribution is -2.38. The van der Waals surface area contributed by atoms with E-state index in [9.17, 15) is 4.79 Å². The number of methoxy groups -OCH3 is 1. The lowest BCUT2D eigenvalue weighted by atomic mass is 9.95. The van der Waals surface area contributed by atoms with E-state index in [1.165, 1.54) is 7.11 Å². The molecule has 0 radical (unpaired) electrons. The Hall–Kier alpha value is -1.71. The highest BCUT2D eigenvalue weighted by Crippen LogP contribution is 2.24. The number of anilines is 1. The number of benzene rings is 1. The Bertz CT molecular complexity index is 428. The first-order valence-electron chi connectivity index (χ1n) is 6.78. The zero-order valence-corrected chi connectivity index (χ0v) is 12.2. The molecule has 0 heterocycles. The third-order valence-corrected chi connectivity index (χ3v) is 3.62. The average Bonchev–Trinajstić information content (AvgIpc) is 2.39. The quantitative estimate of drug-likeness (QED) is 0.776. The predicted molar refractivity (Wildman–Crippen MR) is 78.4 cm³/mol. The van der Waals surface area contributed by atoms with Crippen molar-refractivity contribution in [1.29, 1.82) is 0 Å². The minimum Gasteiger partial charge on any atom is -0.496 e. The van der Waals surface area contributed by atoms with Crippen LogP contribution in [0, 0.1) is 5.92 Å². The van der Waals surface area contributed by atoms with E-state index in [0.717, 1.165) is 12.8 Å². The van der Waals surface area contributed by atoms with E-state index in [-0.39, 0.29) is 11.9 Å². The van der Waals surface area contributed by atoms with Crippen LogP contribution in [0.2, 0.25) is 0 Å². The fraction of sp³-hybridized carbons (Fsp3) is 0.533. The number of hydrogen-bond acceptors (Lipinski definition) is 3. The van der Waals surface area contributed by atoms with E-state index in [0.29, 0.717) is 22.9 Å². The van der Waals surface area contributed by atoms with Gasteiger partial charge in [0.1, 0.15) is 11.3 Å². The molecular weight excluding hydrogens is 240 g/mol. The molecule has 1 aromatic carbocycles. The van der Waals surface area contributed by atoms with Gasteiger partial charge in [0.2, 0.25) is 0 Å². The first-order valence-corrected chi connectivity index (χ1v) is 6.78. The van der Waals surface area contributed by atoms with Crippen molar-refractivity contribution in [1.82, 2.24) is 5.32 Å². The van der Waals surface area contributed by atoms with Gasteiger partial charge in [-0.15, -0.1) is 0 Å². The number of nitrogens with one attached hydrogen (secondary N) is 1. The molecule has 4 nitrogen and oxygen atoms in total. The van der Waals surface area contributed by atoms with E-state index >= 15 is 0 Å². The van der Waals surface area contributed by atoms with Crippen LogP contribution in [0.15, 0.2) is 18.2 Å². The topological polar surface area (TPSA) is 64.4 Å². The summed E-state index contributed by atoms with van der Waals surface area (Å²) < 4.78 is 5.20. The normalized spacial score (nSPS) is 12.3. The molecule has 0 aliphatic rings. The fourth-order valence-corrected chi connectivity index (χ4v) is 2.35. The number of rotatable bonds is 6. The predicted octanol–water partition coefficient (Wildman–Crippen LogP) is 2.83. The monoisotopic (exact) mass is 264 g/mol. The first kappa shape index (κ1) is 15.3. The molecule has 0 saturated heterocycles. The van der Waals surface area contributed by atoms with Crippen molar-refractivity contribution < 1.29 is 9.53 Å². The van der Waals surface area contributed by atoms with E-state index < -0.39 is 0 Å². The molecule has 0 aliphatic carbocycles. The Labute approximate surface area is 115 Å². The smallest absolute Gasteiger partial charge is 0.257 e. The van der Waals surface area contributed by atoms with Crippen LogP contribution in [0.25, 0.3) is 0 Å². The van der Waals surface area contributed by atoms with Gasteiger partial charge >= 0.3 is 0 Å². The molecule has 106 valence electrons. The summed E-state index contributed by atoms with van der Waals surface area (Å²) in [6.07, 6.45) is 2.08. The standard InChI is InChI=1S/C15H24N2O2/c1-5-11(6-2)10(3)17-15(18)14-12(16)8-7-9-13(14)19-4/h7-11H,5-6,16H2,1-4H3,(H,17,18). The molecule has 1 atom stereocenters. The van der Waals surface area contributed by atoms with Crippen molar-refractivity contribution in [2.24, 2.45) is 5.92 Å². The third kappa shape index (κ3) is 3.63. The molecule has 0 aromatic heterocycles. The van der Waals surface area contributed by atoms with Crippen LogP contribution in [0.5, 0.6) is 5.75 Å². The fourth-order valence-electron chi connectivity index (χ4n) is 2.35. The lowest BCUT2D eigenvalue weighted by molar-refractivity contribution is 0.0923. The summed E-state index contributed by atoms with van der Waals surface area (Å²) in [6.45, 7) is 6.30. The molecule has 1 aromatic rings. The molecule has 1 amide bonds. The van der Waals surface area contributed by atoms with Gasteiger partial charge < -0.3 is 15.8 Å². The third-order valence-electron chi connectivity index (χ3n) is 3.62. The molecule has 0 spiro atoms. The van der Waals surface area contributed by atoms with E-state index in [2.05, 4.69) is 19.2 Å². The summed E-state index contributed by atoms with van der Waals surface area (Å²) in [6, 6.07) is 5.34. The van der Waals surface area contributed by atoms with Crippen LogP contribution >= 0.6 is 0 Å². The summed E-state index contributed by atoms with van der Waals surface area (Å²) in [4.78, 5) is 12.3. The van der Waals surface area contributed by atoms with Gasteiger partial charge in [-0.3, -0.25) is 4.79 Å². The molecule has 1 unspecified atom stereocenters. The van der Waals surface area contributed by atoms with Gasteiger partial charge in [-0.05, 0) is 25.0 Å². The molecule has 0 saturated carbocycles. The molecule has 0 aliphatic heterocycles. The summed E-state index contributed by atoms with van der Waals surface area (Å²) in [7, 11) is 1.54. The number of carbonyl (C=O) groups excluding carboxylic acids is 1. The zero-order chi connectivity index (χ0) is 14.4. The largest absolute Gasteiger partial charge is 0.496 e. The Morgan fingerprint density at radius 1 is 1.37 bits per heavy atom. The van der Waals surface area contributed by atoms with Crippen molar-refractivity contribution in [2.45, 2.75) is 39.7 Å². The van der Waals surface area contributed by atoms with Crippen LogP contribution < -0.4 is 15.8 Å². The summed E-state index contributed by atoms with van der Waals surface area (Å²) in [5.41, 5.74) is 6.73. The van der Waals surface area contributed by atoms with Crippen molar-refractivity contribution in [3.05, 3.63) is 23.8 Å². The second-order valence-corrected chi connectivity index (χ2v) is 4.76. The van der Waals surface area contributed by atoms with Crippen molar-refractivity contribution in [3.8, 4) is 5.75 Å². The van der Waals surface area contributed by atoms with Gasteiger partial charge in [0.25, 0.3) is 5.91 Å². The second kappa shape index (κ2) is 7.02. The molecular formula is C15H24N2O2. The first-order chi connectivity index (χ1) is 9.04. The maximum absolute atomic E-state index is 12.3. The SMILES string of the molecule is CCC(CC)C(C)NC(=O)c1c(N)cccc1OC. The Kier molecular flexibility index (Phi) is 5.67. The Morgan fingerprint density at radius 3 is 2.53 bits per heavy atom. The van der Waals surface area contributed by atoms with Crippen LogP contribution in [0.3, 0.4) is 0 Å². The van der Waals surface area contributed by atoms with Gasteiger partial charge in [0.05, 0.1) is 7.11 Å². The average molecular weight is 264 g/mol. The van der Waals surface area contributed by atoms with Gasteiger partial charge in [-0.2, -0.15) is 0 Å². The zero-order valence-electron chi connectivity index (χ0n) is 12.2. The molecule has 1 rings (SSSR count). The minimum absolute atomic E-state index is 0.117. The van der Waals surface area contributed by atoms with Gasteiger partial charge in [-0.25, -0.2) is 0 Å². The second-order valence-electron chi connectivity index (χ2n) is 4.76. The van der Waals surface area contributed by atoms with E-state index in [4.69, 9.17) is 10.5 Å². The van der Waals surface area contributed by atoms with Gasteiger partial charge in [-0.1, -0.05) is 32.8 Å². The molecule has 19 heavy (non-hydrogen) atoms. The number of hydrogen-bond donors (Lipinski definition) is 2. The number of amides is 1. The number of nitrogens with two attached hydrogens (primary N) is 1. The van der Waals surface area contributed by atoms with Crippen LogP contribution in [0.4, 0.5) is 5.69 Å². The number of ether oxygens (including phenoxy) is 1. The lowest BCUT2D eigenvalue weighted by Gasteiger charge is -2.23. The van der Waals surface area contributed by atoms with Crippen LogP contribution in [-0.4, -0.2) is 19.1 Å². The number of nitrogen functional groups attached to an aromatic ring is 1. The molecule has 3 N–H and O–H groups in total. The molecule has 0 bridgehead atoms. The Morgan fingerprint density at radius 2 is 2.00 bits per heavy atom. The molecule has 0 fully saturated rings. The van der Waals surface area contributed by atoms with Crippen LogP contribution in [0.1, 0.15) is 44.0 Å². The van der Waals surface area contributed by atoms with Gasteiger partial charge in [0.15, 0.2) is 0 Å². The van der Waals surface area contributed by atoms with Crippen molar-refractivity contribution in [3.63, 3.8) is 0 Å². The maximum Gasteiger partial charge on any atom is 0.257 e. The van der Waals surface area contributed by atoms with E-state index in [1.807, 2.05) is 6.92 Å². The summed E-state index contributed by atoms with van der Waals surface area (Å²) >= 11 is 0. The number of carbonyl (C=O) groups is 1. The minimum atomic E-state index is -0.172. The van der Waals surface area contributed by atoms with Crippen molar-refractivity contribution >= 4 is 11.6 Å². The van der Waals surface area contributed by atoms with Crippen LogP contribution in [-0.2, 0) is 0 Å². The van der Waals surface area contributed by atoms with E-state index in [1.54, 1.807) is 18.2 Å². The Balaban J connectivity index is 2.89. The highest BCUT2D eigenvalue weighted by atomic mass is 16.5. The maximum atomic E-state index is 12.3. The van der Waals surface area contributed by atoms with Crippen molar-refractivity contribution in [2.75, 3.05) is 12.8 Å². The highest BCUT2D eigenvalue weighted by Gasteiger charge is 2.20. The summed E-state index contributed by atoms with van der Waals surface area (Å²) in [5.74, 6) is 0.809. The summed E-state index contributed by atoms with van der Waals surface area (Å²) in [5, 5.41) is 3.01. The van der Waals surface area contributed by atoms with Gasteiger partial charge in [0, 0.05) is 11.7 Å².